The Balaban J connectivity index is 3.30. The second-order valence-corrected chi connectivity index (χ2v) is 4.36. The SMILES string of the molecule is CC(C)CCCC(C)CCC(=O)O. The number of hydrogen-bond donors (Lipinski definition) is 1. The zero-order chi connectivity index (χ0) is 10.3. The average molecular weight is 186 g/mol. The van der Waals surface area contributed by atoms with E-state index in [1.165, 1.54) is 19.3 Å². The highest BCUT2D eigenvalue weighted by Crippen LogP contribution is 2.16. The number of hydrogen-bond acceptors (Lipinski definition) is 1. The molecule has 1 unspecified atom stereocenters. The summed E-state index contributed by atoms with van der Waals surface area (Å²) in [6.07, 6.45) is 4.82. The van der Waals surface area contributed by atoms with Crippen molar-refractivity contribution >= 4 is 5.97 Å². The molecule has 78 valence electrons. The normalized spacial score (nSPS) is 13.2. The van der Waals surface area contributed by atoms with Crippen LogP contribution >= 0.6 is 0 Å². The first kappa shape index (κ1) is 12.5. The summed E-state index contributed by atoms with van der Waals surface area (Å²) in [5, 5.41) is 8.48. The third-order valence-corrected chi connectivity index (χ3v) is 2.33. The molecule has 1 atom stereocenters. The molecule has 0 saturated heterocycles. The molecule has 0 aliphatic rings. The van der Waals surface area contributed by atoms with Crippen LogP contribution in [-0.4, -0.2) is 11.1 Å². The van der Waals surface area contributed by atoms with Gasteiger partial charge < -0.3 is 5.11 Å². The second-order valence-electron chi connectivity index (χ2n) is 4.36. The van der Waals surface area contributed by atoms with E-state index in [0.29, 0.717) is 12.3 Å². The molecule has 0 fully saturated rings. The maximum absolute atomic E-state index is 10.3. The van der Waals surface area contributed by atoms with Crippen molar-refractivity contribution < 1.29 is 9.90 Å². The summed E-state index contributed by atoms with van der Waals surface area (Å²) in [5.41, 5.74) is 0. The number of aliphatic carboxylic acids is 1. The average Bonchev–Trinajstić information content (AvgIpc) is 2.00. The summed E-state index contributed by atoms with van der Waals surface area (Å²) in [6, 6.07) is 0. The summed E-state index contributed by atoms with van der Waals surface area (Å²) < 4.78 is 0. The molecule has 0 aromatic rings. The van der Waals surface area contributed by atoms with Crippen molar-refractivity contribution in [3.05, 3.63) is 0 Å². The Morgan fingerprint density at radius 3 is 2.23 bits per heavy atom. The molecule has 0 aliphatic heterocycles. The maximum atomic E-state index is 10.3. The van der Waals surface area contributed by atoms with E-state index < -0.39 is 5.97 Å². The van der Waals surface area contributed by atoms with Crippen molar-refractivity contribution in [2.24, 2.45) is 11.8 Å². The lowest BCUT2D eigenvalue weighted by molar-refractivity contribution is -0.137. The monoisotopic (exact) mass is 186 g/mol. The van der Waals surface area contributed by atoms with Crippen molar-refractivity contribution in [3.8, 4) is 0 Å². The molecule has 13 heavy (non-hydrogen) atoms. The highest BCUT2D eigenvalue weighted by molar-refractivity contribution is 5.66. The fourth-order valence-corrected chi connectivity index (χ4v) is 1.39. The highest BCUT2D eigenvalue weighted by Gasteiger charge is 2.05. The zero-order valence-electron chi connectivity index (χ0n) is 9.05. The lowest BCUT2D eigenvalue weighted by atomic mass is 9.96. The van der Waals surface area contributed by atoms with Gasteiger partial charge >= 0.3 is 5.97 Å². The topological polar surface area (TPSA) is 37.3 Å². The van der Waals surface area contributed by atoms with E-state index in [-0.39, 0.29) is 0 Å². The summed E-state index contributed by atoms with van der Waals surface area (Å²) in [5.74, 6) is 0.664. The van der Waals surface area contributed by atoms with Crippen LogP contribution < -0.4 is 0 Å². The summed E-state index contributed by atoms with van der Waals surface area (Å²) in [7, 11) is 0. The van der Waals surface area contributed by atoms with Crippen LogP contribution in [0.3, 0.4) is 0 Å². The second kappa shape index (κ2) is 6.93. The molecular formula is C11H22O2. The summed E-state index contributed by atoms with van der Waals surface area (Å²) in [6.45, 7) is 6.59. The summed E-state index contributed by atoms with van der Waals surface area (Å²) >= 11 is 0. The highest BCUT2D eigenvalue weighted by atomic mass is 16.4. The molecule has 0 radical (unpaired) electrons. The third kappa shape index (κ3) is 9.38. The molecule has 0 aliphatic carbocycles. The van der Waals surface area contributed by atoms with Gasteiger partial charge in [-0.15, -0.1) is 0 Å². The quantitative estimate of drug-likeness (QED) is 0.662. The maximum Gasteiger partial charge on any atom is 0.303 e. The molecule has 2 nitrogen and oxygen atoms in total. The van der Waals surface area contributed by atoms with Crippen molar-refractivity contribution in [2.45, 2.75) is 52.9 Å². The van der Waals surface area contributed by atoms with E-state index in [0.717, 1.165) is 12.3 Å². The molecule has 0 amide bonds. The molecule has 0 heterocycles. The van der Waals surface area contributed by atoms with Gasteiger partial charge in [-0.1, -0.05) is 40.0 Å². The Hall–Kier alpha value is -0.530. The van der Waals surface area contributed by atoms with Crippen LogP contribution in [0.2, 0.25) is 0 Å². The smallest absolute Gasteiger partial charge is 0.303 e. The predicted octanol–water partition coefficient (Wildman–Crippen LogP) is 3.31. The molecule has 0 spiro atoms. The lowest BCUT2D eigenvalue weighted by Gasteiger charge is -2.10. The number of carbonyl (C=O) groups is 1. The van der Waals surface area contributed by atoms with Crippen LogP contribution in [0, 0.1) is 11.8 Å². The summed E-state index contributed by atoms with van der Waals surface area (Å²) in [4.78, 5) is 10.3. The van der Waals surface area contributed by atoms with Crippen LogP contribution in [0.4, 0.5) is 0 Å². The van der Waals surface area contributed by atoms with Crippen molar-refractivity contribution in [3.63, 3.8) is 0 Å². The Morgan fingerprint density at radius 2 is 1.77 bits per heavy atom. The zero-order valence-corrected chi connectivity index (χ0v) is 9.05. The van der Waals surface area contributed by atoms with Gasteiger partial charge in [0.05, 0.1) is 0 Å². The first-order chi connectivity index (χ1) is 6.02. The molecule has 1 N–H and O–H groups in total. The van der Waals surface area contributed by atoms with Crippen molar-refractivity contribution in [1.82, 2.24) is 0 Å². The fourth-order valence-electron chi connectivity index (χ4n) is 1.39. The van der Waals surface area contributed by atoms with Gasteiger partial charge in [-0.3, -0.25) is 4.79 Å². The van der Waals surface area contributed by atoms with E-state index >= 15 is 0 Å². The minimum absolute atomic E-state index is 0.322. The van der Waals surface area contributed by atoms with Crippen molar-refractivity contribution in [2.75, 3.05) is 0 Å². The molecule has 0 rings (SSSR count). The predicted molar refractivity (Wildman–Crippen MR) is 54.7 cm³/mol. The number of carboxylic acids is 1. The molecule has 2 heteroatoms. The van der Waals surface area contributed by atoms with Crippen LogP contribution in [0.5, 0.6) is 0 Å². The molecular weight excluding hydrogens is 164 g/mol. The first-order valence-corrected chi connectivity index (χ1v) is 5.24. The fraction of sp³-hybridized carbons (Fsp3) is 0.909. The van der Waals surface area contributed by atoms with Crippen LogP contribution in [0.15, 0.2) is 0 Å². The standard InChI is InChI=1S/C11H22O2/c1-9(2)5-4-6-10(3)7-8-11(12)13/h9-10H,4-8H2,1-3H3,(H,12,13). The lowest BCUT2D eigenvalue weighted by Crippen LogP contribution is -2.01. The van der Waals surface area contributed by atoms with Gasteiger partial charge in [-0.05, 0) is 18.3 Å². The Morgan fingerprint density at radius 1 is 1.15 bits per heavy atom. The van der Waals surface area contributed by atoms with Gasteiger partial charge in [-0.2, -0.15) is 0 Å². The molecule has 0 aromatic carbocycles. The van der Waals surface area contributed by atoms with Crippen LogP contribution in [0.25, 0.3) is 0 Å². The van der Waals surface area contributed by atoms with E-state index in [2.05, 4.69) is 20.8 Å². The van der Waals surface area contributed by atoms with Gasteiger partial charge in [0.2, 0.25) is 0 Å². The third-order valence-electron chi connectivity index (χ3n) is 2.33. The van der Waals surface area contributed by atoms with Crippen LogP contribution in [-0.2, 0) is 4.79 Å². The van der Waals surface area contributed by atoms with Gasteiger partial charge in [-0.25, -0.2) is 0 Å². The van der Waals surface area contributed by atoms with Gasteiger partial charge in [0.25, 0.3) is 0 Å². The van der Waals surface area contributed by atoms with Gasteiger partial charge in [0, 0.05) is 6.42 Å². The molecule has 0 saturated carbocycles. The number of carboxylic acid groups (broad SMARTS) is 1. The Kier molecular flexibility index (Phi) is 6.65. The van der Waals surface area contributed by atoms with Gasteiger partial charge in [0.1, 0.15) is 0 Å². The molecule has 0 aromatic heterocycles. The number of rotatable bonds is 7. The van der Waals surface area contributed by atoms with E-state index in [9.17, 15) is 4.79 Å². The Bertz CT molecular complexity index is 141. The first-order valence-electron chi connectivity index (χ1n) is 5.24. The van der Waals surface area contributed by atoms with E-state index in [4.69, 9.17) is 5.11 Å². The molecule has 0 bridgehead atoms. The van der Waals surface area contributed by atoms with E-state index in [1.807, 2.05) is 0 Å². The van der Waals surface area contributed by atoms with Crippen molar-refractivity contribution in [1.29, 1.82) is 0 Å². The van der Waals surface area contributed by atoms with E-state index in [1.54, 1.807) is 0 Å². The van der Waals surface area contributed by atoms with Gasteiger partial charge in [0.15, 0.2) is 0 Å². The van der Waals surface area contributed by atoms with Crippen LogP contribution in [0.1, 0.15) is 52.9 Å². The minimum Gasteiger partial charge on any atom is -0.481 e. The largest absolute Gasteiger partial charge is 0.481 e. The minimum atomic E-state index is -0.671. The Labute approximate surface area is 81.3 Å².